The molecule has 4 heteroatoms. The second-order valence-electron chi connectivity index (χ2n) is 8.34. The van der Waals surface area contributed by atoms with Crippen LogP contribution in [0.1, 0.15) is 91.9 Å². The summed E-state index contributed by atoms with van der Waals surface area (Å²) in [5.74, 6) is 0. The molecule has 3 unspecified atom stereocenters. The van der Waals surface area contributed by atoms with E-state index < -0.39 is 18.3 Å². The van der Waals surface area contributed by atoms with E-state index in [1.165, 1.54) is 57.8 Å². The number of unbranched alkanes of at least 4 members (excludes halogenated alkanes) is 9. The minimum absolute atomic E-state index is 0.416. The quantitative estimate of drug-likeness (QED) is 0.273. The van der Waals surface area contributed by atoms with Crippen LogP contribution in [0.4, 0.5) is 0 Å². The summed E-state index contributed by atoms with van der Waals surface area (Å²) in [6.07, 6.45) is 11.8. The van der Waals surface area contributed by atoms with Gasteiger partial charge in [0.2, 0.25) is 0 Å². The van der Waals surface area contributed by atoms with Gasteiger partial charge in [0.25, 0.3) is 0 Å². The van der Waals surface area contributed by atoms with Crippen molar-refractivity contribution < 1.29 is 19.8 Å². The van der Waals surface area contributed by atoms with Crippen molar-refractivity contribution in [2.24, 2.45) is 0 Å². The fraction of sp³-hybridized carbons (Fsp3) is 1.00. The summed E-state index contributed by atoms with van der Waals surface area (Å²) in [5.41, 5.74) is 0. The molecule has 3 N–H and O–H groups in total. The van der Waals surface area contributed by atoms with E-state index in [9.17, 15) is 15.3 Å². The van der Waals surface area contributed by atoms with Crippen molar-refractivity contribution in [3.63, 3.8) is 0 Å². The Balaban J connectivity index is 4.15. The van der Waals surface area contributed by atoms with E-state index in [0.29, 0.717) is 24.1 Å². The summed E-state index contributed by atoms with van der Waals surface area (Å²) < 4.78 is 0.615. The van der Waals surface area contributed by atoms with Gasteiger partial charge in [-0.1, -0.05) is 58.3 Å². The molecule has 0 amide bonds. The van der Waals surface area contributed by atoms with Crippen LogP contribution in [0.3, 0.4) is 0 Å². The van der Waals surface area contributed by atoms with Crippen LogP contribution in [0.2, 0.25) is 0 Å². The van der Waals surface area contributed by atoms with Crippen LogP contribution in [0, 0.1) is 0 Å². The van der Waals surface area contributed by atoms with Crippen molar-refractivity contribution in [1.29, 1.82) is 0 Å². The summed E-state index contributed by atoms with van der Waals surface area (Å²) in [5, 5.41) is 29.7. The van der Waals surface area contributed by atoms with Crippen LogP contribution in [0.25, 0.3) is 0 Å². The monoisotopic (exact) mass is 360 g/mol. The molecule has 0 saturated heterocycles. The zero-order valence-electron chi connectivity index (χ0n) is 17.4. The van der Waals surface area contributed by atoms with Gasteiger partial charge in [-0.2, -0.15) is 0 Å². The third-order valence-electron chi connectivity index (χ3n) is 4.94. The molecule has 0 bridgehead atoms. The highest BCUT2D eigenvalue weighted by Crippen LogP contribution is 2.17. The predicted octanol–water partition coefficient (Wildman–Crippen LogP) is 3.87. The fourth-order valence-electron chi connectivity index (χ4n) is 4.11. The van der Waals surface area contributed by atoms with E-state index in [1.807, 2.05) is 0 Å². The van der Waals surface area contributed by atoms with Crippen molar-refractivity contribution in [3.05, 3.63) is 0 Å². The van der Waals surface area contributed by atoms with Crippen molar-refractivity contribution in [3.8, 4) is 0 Å². The number of hydrogen-bond acceptors (Lipinski definition) is 3. The maximum absolute atomic E-state index is 9.90. The molecule has 0 spiro atoms. The van der Waals surface area contributed by atoms with E-state index >= 15 is 0 Å². The van der Waals surface area contributed by atoms with Crippen LogP contribution < -0.4 is 0 Å². The molecule has 0 aromatic heterocycles. The molecule has 0 heterocycles. The molecule has 0 saturated carbocycles. The number of nitrogens with zero attached hydrogens (tertiary/aromatic N) is 1. The average Bonchev–Trinajstić information content (AvgIpc) is 2.47. The number of hydrogen-bond donors (Lipinski definition) is 3. The lowest BCUT2D eigenvalue weighted by Gasteiger charge is -2.41. The number of rotatable bonds is 17. The molecule has 4 nitrogen and oxygen atoms in total. The first kappa shape index (κ1) is 24.8. The lowest BCUT2D eigenvalue weighted by Crippen LogP contribution is -2.58. The van der Waals surface area contributed by atoms with Crippen molar-refractivity contribution in [1.82, 2.24) is 0 Å². The van der Waals surface area contributed by atoms with Gasteiger partial charge in [-0.25, -0.2) is 0 Å². The fourth-order valence-corrected chi connectivity index (χ4v) is 4.11. The Bertz CT molecular complexity index is 266. The lowest BCUT2D eigenvalue weighted by molar-refractivity contribution is -0.936. The van der Waals surface area contributed by atoms with Crippen molar-refractivity contribution >= 4 is 0 Å². The van der Waals surface area contributed by atoms with Crippen molar-refractivity contribution in [2.75, 3.05) is 26.2 Å². The van der Waals surface area contributed by atoms with E-state index in [0.717, 1.165) is 13.0 Å². The first-order valence-corrected chi connectivity index (χ1v) is 10.7. The smallest absolute Gasteiger partial charge is 0.105 e. The van der Waals surface area contributed by atoms with Gasteiger partial charge in [-0.05, 0) is 33.6 Å². The Morgan fingerprint density at radius 3 is 1.20 bits per heavy atom. The standard InChI is InChI=1S/C21H46NO3/c1-5-6-7-8-9-10-11-12-13-14-15-22(16-19(2)23,17-20(3)24)18-21(4)25/h19-21,23-25H,5-18H2,1-4H3/q+1. The normalized spacial score (nSPS) is 17.9. The van der Waals surface area contributed by atoms with Crippen LogP contribution in [0.5, 0.6) is 0 Å². The highest BCUT2D eigenvalue weighted by Gasteiger charge is 2.31. The molecule has 0 aliphatic heterocycles. The topological polar surface area (TPSA) is 60.7 Å². The van der Waals surface area contributed by atoms with Crippen LogP contribution in [0.15, 0.2) is 0 Å². The third-order valence-corrected chi connectivity index (χ3v) is 4.94. The largest absolute Gasteiger partial charge is 0.388 e. The van der Waals surface area contributed by atoms with Gasteiger partial charge in [-0.3, -0.25) is 0 Å². The van der Waals surface area contributed by atoms with Gasteiger partial charge >= 0.3 is 0 Å². The number of quaternary nitrogens is 1. The molecule has 0 aromatic carbocycles. The molecular formula is C21H46NO3+. The Morgan fingerprint density at radius 2 is 0.880 bits per heavy atom. The van der Waals surface area contributed by atoms with E-state index in [1.54, 1.807) is 20.8 Å². The predicted molar refractivity (Wildman–Crippen MR) is 107 cm³/mol. The first-order valence-electron chi connectivity index (χ1n) is 10.7. The molecule has 0 rings (SSSR count). The second-order valence-corrected chi connectivity index (χ2v) is 8.34. The summed E-state index contributed by atoms with van der Waals surface area (Å²) >= 11 is 0. The highest BCUT2D eigenvalue weighted by molar-refractivity contribution is 4.58. The zero-order valence-corrected chi connectivity index (χ0v) is 17.4. The first-order chi connectivity index (χ1) is 11.8. The van der Waals surface area contributed by atoms with Gasteiger partial charge < -0.3 is 19.8 Å². The molecular weight excluding hydrogens is 314 g/mol. The molecule has 0 radical (unpaired) electrons. The Morgan fingerprint density at radius 1 is 0.560 bits per heavy atom. The zero-order chi connectivity index (χ0) is 19.1. The van der Waals surface area contributed by atoms with E-state index in [4.69, 9.17) is 0 Å². The van der Waals surface area contributed by atoms with Crippen molar-refractivity contribution in [2.45, 2.75) is 110 Å². The summed E-state index contributed by atoms with van der Waals surface area (Å²) in [6, 6.07) is 0. The van der Waals surface area contributed by atoms with Gasteiger partial charge in [-0.15, -0.1) is 0 Å². The Labute approximate surface area is 156 Å². The van der Waals surface area contributed by atoms with Gasteiger partial charge in [0.1, 0.15) is 37.9 Å². The lowest BCUT2D eigenvalue weighted by atomic mass is 10.1. The molecule has 3 atom stereocenters. The van der Waals surface area contributed by atoms with Crippen LogP contribution >= 0.6 is 0 Å². The minimum atomic E-state index is -0.416. The maximum Gasteiger partial charge on any atom is 0.105 e. The van der Waals surface area contributed by atoms with Gasteiger partial charge in [0.15, 0.2) is 0 Å². The Hall–Kier alpha value is -0.160. The molecule has 152 valence electrons. The molecule has 0 fully saturated rings. The Kier molecular flexibility index (Phi) is 14.9. The SMILES string of the molecule is CCCCCCCCCCCC[N+](CC(C)O)(CC(C)O)CC(C)O. The van der Waals surface area contributed by atoms with Crippen LogP contribution in [-0.4, -0.2) is 64.3 Å². The molecule has 0 aliphatic carbocycles. The summed E-state index contributed by atoms with van der Waals surface area (Å²) in [6.45, 7) is 10.4. The summed E-state index contributed by atoms with van der Waals surface area (Å²) in [7, 11) is 0. The van der Waals surface area contributed by atoms with Gasteiger partial charge in [0, 0.05) is 0 Å². The van der Waals surface area contributed by atoms with E-state index in [2.05, 4.69) is 6.92 Å². The highest BCUT2D eigenvalue weighted by atomic mass is 16.3. The molecule has 0 aliphatic rings. The maximum atomic E-state index is 9.90. The number of aliphatic hydroxyl groups is 3. The van der Waals surface area contributed by atoms with Gasteiger partial charge in [0.05, 0.1) is 6.54 Å². The summed E-state index contributed by atoms with van der Waals surface area (Å²) in [4.78, 5) is 0. The molecule has 25 heavy (non-hydrogen) atoms. The third kappa shape index (κ3) is 14.7. The second kappa shape index (κ2) is 15.0. The molecule has 0 aromatic rings. The van der Waals surface area contributed by atoms with Crippen LogP contribution in [-0.2, 0) is 0 Å². The minimum Gasteiger partial charge on any atom is -0.388 e. The number of aliphatic hydroxyl groups excluding tert-OH is 3. The van der Waals surface area contributed by atoms with E-state index in [-0.39, 0.29) is 0 Å². The average molecular weight is 361 g/mol.